The minimum atomic E-state index is -0.128. The van der Waals surface area contributed by atoms with Crippen LogP contribution >= 0.6 is 0 Å². The Bertz CT molecular complexity index is 708. The number of benzene rings is 2. The first-order valence-corrected chi connectivity index (χ1v) is 5.64. The van der Waals surface area contributed by atoms with Crippen LogP contribution in [0.15, 0.2) is 60.9 Å². The molecule has 1 aromatic heterocycles. The number of aromatic nitrogens is 1. The lowest BCUT2D eigenvalue weighted by atomic mass is 10.1. The van der Waals surface area contributed by atoms with E-state index in [-0.39, 0.29) is 11.5 Å². The van der Waals surface area contributed by atoms with E-state index >= 15 is 0 Å². The number of fused-ring (bicyclic) bond motifs is 1. The fraction of sp³-hybridized carbons (Fsp3) is 0. The van der Waals surface area contributed by atoms with Gasteiger partial charge in [0.15, 0.2) is 12.4 Å². The van der Waals surface area contributed by atoms with Gasteiger partial charge >= 0.3 is 0 Å². The molecule has 0 aliphatic rings. The summed E-state index contributed by atoms with van der Waals surface area (Å²) in [5.41, 5.74) is 0.388. The molecule has 0 amide bonds. The zero-order valence-electron chi connectivity index (χ0n) is 9.54. The van der Waals surface area contributed by atoms with Crippen LogP contribution in [0.5, 0.6) is 11.5 Å². The Labute approximate surface area is 104 Å². The highest BCUT2D eigenvalue weighted by Crippen LogP contribution is 2.31. The van der Waals surface area contributed by atoms with Crippen molar-refractivity contribution in [2.75, 3.05) is 0 Å². The van der Waals surface area contributed by atoms with E-state index in [1.165, 1.54) is 6.07 Å². The van der Waals surface area contributed by atoms with Crippen LogP contribution in [-0.2, 0) is 0 Å². The van der Waals surface area contributed by atoms with E-state index in [1.807, 2.05) is 18.2 Å². The van der Waals surface area contributed by atoms with Gasteiger partial charge in [0, 0.05) is 18.2 Å². The van der Waals surface area contributed by atoms with Gasteiger partial charge in [-0.2, -0.15) is 4.57 Å². The summed E-state index contributed by atoms with van der Waals surface area (Å²) in [5.74, 6) is -0.252. The Kier molecular flexibility index (Phi) is 2.38. The van der Waals surface area contributed by atoms with E-state index in [0.717, 1.165) is 0 Å². The molecule has 0 unspecified atom stereocenters. The zero-order chi connectivity index (χ0) is 12.5. The maximum Gasteiger partial charge on any atom is 0.202 e. The third-order valence-electron chi connectivity index (χ3n) is 2.93. The molecule has 0 atom stereocenters. The van der Waals surface area contributed by atoms with Crippen LogP contribution < -0.4 is 14.8 Å². The third-order valence-corrected chi connectivity index (χ3v) is 2.93. The molecule has 0 saturated heterocycles. The molecular formula is C15H10NO2-. The standard InChI is InChI=1S/C15H11NO2/c17-14-10-13(16-8-4-1-5-9-16)15(18)12-7-3-2-6-11(12)14/h1-10H,(H-,17,18)/p-1. The summed E-state index contributed by atoms with van der Waals surface area (Å²) in [6.45, 7) is 0. The Hall–Kier alpha value is -2.55. The van der Waals surface area contributed by atoms with Gasteiger partial charge in [0.1, 0.15) is 0 Å². The van der Waals surface area contributed by atoms with Crippen LogP contribution in [0.3, 0.4) is 0 Å². The van der Waals surface area contributed by atoms with Gasteiger partial charge < -0.3 is 10.2 Å². The van der Waals surface area contributed by atoms with Crippen molar-refractivity contribution in [2.45, 2.75) is 0 Å². The molecule has 1 heterocycles. The molecule has 88 valence electrons. The van der Waals surface area contributed by atoms with E-state index in [9.17, 15) is 10.2 Å². The van der Waals surface area contributed by atoms with Crippen LogP contribution in [0, 0.1) is 0 Å². The van der Waals surface area contributed by atoms with Gasteiger partial charge in [0.2, 0.25) is 5.69 Å². The molecule has 0 radical (unpaired) electrons. The molecule has 0 spiro atoms. The van der Waals surface area contributed by atoms with Crippen molar-refractivity contribution in [3.05, 3.63) is 60.9 Å². The molecule has 3 nitrogen and oxygen atoms in total. The van der Waals surface area contributed by atoms with Crippen molar-refractivity contribution >= 4 is 10.8 Å². The minimum Gasteiger partial charge on any atom is -0.872 e. The summed E-state index contributed by atoms with van der Waals surface area (Å²) >= 11 is 0. The van der Waals surface area contributed by atoms with Crippen LogP contribution in [0.2, 0.25) is 0 Å². The van der Waals surface area contributed by atoms with Crippen LogP contribution in [0.4, 0.5) is 0 Å². The molecule has 0 saturated carbocycles. The SMILES string of the molecule is [O-]c1cc(-[n+]2ccccc2)c([O-])c2ccccc12. The number of hydrogen-bond donors (Lipinski definition) is 0. The first kappa shape index (κ1) is 10.6. The number of nitrogens with zero attached hydrogens (tertiary/aromatic N) is 1. The second kappa shape index (κ2) is 4.04. The molecule has 0 aliphatic carbocycles. The molecule has 3 rings (SSSR count). The van der Waals surface area contributed by atoms with Crippen molar-refractivity contribution in [2.24, 2.45) is 0 Å². The second-order valence-electron chi connectivity index (χ2n) is 4.05. The summed E-state index contributed by atoms with van der Waals surface area (Å²) < 4.78 is 1.66. The molecule has 0 fully saturated rings. The summed E-state index contributed by atoms with van der Waals surface area (Å²) in [6.07, 6.45) is 3.51. The van der Waals surface area contributed by atoms with Gasteiger partial charge in [-0.25, -0.2) is 0 Å². The van der Waals surface area contributed by atoms with Gasteiger partial charge in [0.25, 0.3) is 0 Å². The predicted molar refractivity (Wildman–Crippen MR) is 64.4 cm³/mol. The third kappa shape index (κ3) is 1.57. The quantitative estimate of drug-likeness (QED) is 0.597. The molecule has 2 aromatic carbocycles. The summed E-state index contributed by atoms with van der Waals surface area (Å²) in [7, 11) is 0. The number of pyridine rings is 1. The second-order valence-corrected chi connectivity index (χ2v) is 4.05. The topological polar surface area (TPSA) is 50.0 Å². The zero-order valence-corrected chi connectivity index (χ0v) is 9.54. The largest absolute Gasteiger partial charge is 0.872 e. The van der Waals surface area contributed by atoms with Crippen LogP contribution in [0.25, 0.3) is 16.5 Å². The van der Waals surface area contributed by atoms with E-state index < -0.39 is 0 Å². The van der Waals surface area contributed by atoms with E-state index in [2.05, 4.69) is 0 Å². The Balaban J connectivity index is 2.35. The molecule has 18 heavy (non-hydrogen) atoms. The molecule has 0 N–H and O–H groups in total. The first-order chi connectivity index (χ1) is 8.77. The lowest BCUT2D eigenvalue weighted by Gasteiger charge is -2.18. The maximum atomic E-state index is 12.3. The minimum absolute atomic E-state index is 0.124. The van der Waals surface area contributed by atoms with E-state index in [1.54, 1.807) is 41.2 Å². The van der Waals surface area contributed by atoms with E-state index in [0.29, 0.717) is 16.5 Å². The Morgan fingerprint density at radius 2 is 1.44 bits per heavy atom. The number of rotatable bonds is 1. The lowest BCUT2D eigenvalue weighted by Crippen LogP contribution is -2.30. The van der Waals surface area contributed by atoms with Gasteiger partial charge in [0.05, 0.1) is 0 Å². The summed E-state index contributed by atoms with van der Waals surface area (Å²) in [4.78, 5) is 0. The normalized spacial score (nSPS) is 10.7. The molecule has 3 heteroatoms. The molecular weight excluding hydrogens is 226 g/mol. The monoisotopic (exact) mass is 236 g/mol. The molecule has 0 aliphatic heterocycles. The fourth-order valence-electron chi connectivity index (χ4n) is 2.05. The molecule has 0 bridgehead atoms. The van der Waals surface area contributed by atoms with Crippen molar-refractivity contribution in [3.8, 4) is 17.2 Å². The maximum absolute atomic E-state index is 12.3. The van der Waals surface area contributed by atoms with E-state index in [4.69, 9.17) is 0 Å². The summed E-state index contributed by atoms with van der Waals surface area (Å²) in [5, 5.41) is 25.2. The average molecular weight is 236 g/mol. The highest BCUT2D eigenvalue weighted by Gasteiger charge is 2.08. The fourth-order valence-corrected chi connectivity index (χ4v) is 2.05. The molecule has 3 aromatic rings. The van der Waals surface area contributed by atoms with Crippen molar-refractivity contribution in [1.29, 1.82) is 0 Å². The lowest BCUT2D eigenvalue weighted by molar-refractivity contribution is -0.599. The Morgan fingerprint density at radius 1 is 0.778 bits per heavy atom. The van der Waals surface area contributed by atoms with Crippen molar-refractivity contribution in [1.82, 2.24) is 0 Å². The van der Waals surface area contributed by atoms with Gasteiger partial charge in [-0.3, -0.25) is 0 Å². The predicted octanol–water partition coefficient (Wildman–Crippen LogP) is 1.26. The van der Waals surface area contributed by atoms with Crippen LogP contribution in [-0.4, -0.2) is 0 Å². The van der Waals surface area contributed by atoms with Gasteiger partial charge in [-0.15, -0.1) is 0 Å². The average Bonchev–Trinajstić information content (AvgIpc) is 2.44. The Morgan fingerprint density at radius 3 is 2.17 bits per heavy atom. The van der Waals surface area contributed by atoms with Crippen molar-refractivity contribution < 1.29 is 14.8 Å². The van der Waals surface area contributed by atoms with Crippen molar-refractivity contribution in [3.63, 3.8) is 0 Å². The first-order valence-electron chi connectivity index (χ1n) is 5.64. The van der Waals surface area contributed by atoms with Crippen LogP contribution in [0.1, 0.15) is 0 Å². The van der Waals surface area contributed by atoms with Gasteiger partial charge in [-0.05, 0) is 16.5 Å². The highest BCUT2D eigenvalue weighted by atomic mass is 16.3. The number of hydrogen-bond acceptors (Lipinski definition) is 2. The highest BCUT2D eigenvalue weighted by molar-refractivity contribution is 5.94. The van der Waals surface area contributed by atoms with Gasteiger partial charge in [-0.1, -0.05) is 36.1 Å². The smallest absolute Gasteiger partial charge is 0.202 e. The summed E-state index contributed by atoms with van der Waals surface area (Å²) in [6, 6.07) is 13.8.